The molecule has 0 amide bonds. The van der Waals surface area contributed by atoms with Gasteiger partial charge in [-0.3, -0.25) is 4.90 Å². The number of nitrogens with zero attached hydrogens (tertiary/aromatic N) is 2. The van der Waals surface area contributed by atoms with E-state index in [1.54, 1.807) is 0 Å². The van der Waals surface area contributed by atoms with Gasteiger partial charge in [-0.2, -0.15) is 0 Å². The topological polar surface area (TPSA) is 32.5 Å². The van der Waals surface area contributed by atoms with Gasteiger partial charge in [0.25, 0.3) is 0 Å². The van der Waals surface area contributed by atoms with Crippen molar-refractivity contribution in [3.8, 4) is 0 Å². The van der Waals surface area contributed by atoms with E-state index in [1.807, 2.05) is 0 Å². The molecule has 2 aliphatic heterocycles. The molecule has 3 heteroatoms. The monoisotopic (exact) mass is 155 g/mol. The van der Waals surface area contributed by atoms with Crippen LogP contribution in [0.5, 0.6) is 0 Å². The summed E-state index contributed by atoms with van der Waals surface area (Å²) in [6.07, 6.45) is 1.19. The molecule has 0 spiro atoms. The van der Waals surface area contributed by atoms with Crippen molar-refractivity contribution in [3.63, 3.8) is 0 Å². The zero-order chi connectivity index (χ0) is 7.84. The zero-order valence-corrected chi connectivity index (χ0v) is 7.16. The van der Waals surface area contributed by atoms with E-state index in [9.17, 15) is 0 Å². The Labute approximate surface area is 68.1 Å². The summed E-state index contributed by atoms with van der Waals surface area (Å²) in [7, 11) is 2.17. The van der Waals surface area contributed by atoms with Gasteiger partial charge in [0, 0.05) is 38.3 Å². The summed E-state index contributed by atoms with van der Waals surface area (Å²) in [5.41, 5.74) is 5.82. The number of rotatable bonds is 1. The van der Waals surface area contributed by atoms with Crippen LogP contribution in [0, 0.1) is 0 Å². The van der Waals surface area contributed by atoms with E-state index in [0.29, 0.717) is 6.04 Å². The molecular weight excluding hydrogens is 138 g/mol. The lowest BCUT2D eigenvalue weighted by Crippen LogP contribution is -2.57. The molecule has 2 heterocycles. The van der Waals surface area contributed by atoms with Crippen LogP contribution in [0.4, 0.5) is 0 Å². The average molecular weight is 155 g/mol. The lowest BCUT2D eigenvalue weighted by Gasteiger charge is -2.42. The minimum Gasteiger partial charge on any atom is -0.326 e. The molecule has 0 aromatic heterocycles. The van der Waals surface area contributed by atoms with Gasteiger partial charge in [-0.25, -0.2) is 0 Å². The highest BCUT2D eigenvalue weighted by Gasteiger charge is 2.32. The van der Waals surface area contributed by atoms with E-state index in [2.05, 4.69) is 16.8 Å². The maximum absolute atomic E-state index is 5.82. The van der Waals surface area contributed by atoms with Crippen molar-refractivity contribution >= 4 is 0 Å². The predicted octanol–water partition coefficient (Wildman–Crippen LogP) is -0.667. The molecule has 11 heavy (non-hydrogen) atoms. The number of likely N-dealkylation sites (tertiary alicyclic amines) is 2. The van der Waals surface area contributed by atoms with Crippen LogP contribution < -0.4 is 5.73 Å². The molecule has 2 rings (SSSR count). The van der Waals surface area contributed by atoms with E-state index in [4.69, 9.17) is 5.73 Å². The summed E-state index contributed by atoms with van der Waals surface area (Å²) in [5, 5.41) is 0. The maximum atomic E-state index is 5.82. The minimum atomic E-state index is 0.445. The normalized spacial score (nSPS) is 36.0. The van der Waals surface area contributed by atoms with Crippen LogP contribution in [0.25, 0.3) is 0 Å². The van der Waals surface area contributed by atoms with E-state index in [1.165, 1.54) is 26.1 Å². The molecule has 1 unspecified atom stereocenters. The van der Waals surface area contributed by atoms with Gasteiger partial charge in [0.1, 0.15) is 0 Å². The SMILES string of the molecule is CN1CC(N2CCC(N)C2)C1. The first-order valence-corrected chi connectivity index (χ1v) is 4.44. The van der Waals surface area contributed by atoms with Gasteiger partial charge in [0.15, 0.2) is 0 Å². The zero-order valence-electron chi connectivity index (χ0n) is 7.16. The molecule has 0 aromatic rings. The fraction of sp³-hybridized carbons (Fsp3) is 1.00. The third kappa shape index (κ3) is 1.41. The van der Waals surface area contributed by atoms with Gasteiger partial charge in [0.05, 0.1) is 0 Å². The first-order chi connectivity index (χ1) is 5.25. The smallest absolute Gasteiger partial charge is 0.0350 e. The van der Waals surface area contributed by atoms with Crippen LogP contribution in [0.3, 0.4) is 0 Å². The maximum Gasteiger partial charge on any atom is 0.0350 e. The highest BCUT2D eigenvalue weighted by atomic mass is 15.3. The molecule has 2 fully saturated rings. The second-order valence-corrected chi connectivity index (χ2v) is 3.92. The molecule has 0 aliphatic carbocycles. The summed E-state index contributed by atoms with van der Waals surface area (Å²) >= 11 is 0. The van der Waals surface area contributed by atoms with Crippen molar-refractivity contribution in [1.82, 2.24) is 9.80 Å². The highest BCUT2D eigenvalue weighted by molar-refractivity contribution is 4.91. The lowest BCUT2D eigenvalue weighted by molar-refractivity contribution is 0.0685. The summed E-state index contributed by atoms with van der Waals surface area (Å²) < 4.78 is 0. The summed E-state index contributed by atoms with van der Waals surface area (Å²) in [6, 6.07) is 1.26. The molecule has 1 atom stereocenters. The Morgan fingerprint density at radius 1 is 1.27 bits per heavy atom. The fourth-order valence-corrected chi connectivity index (χ4v) is 2.04. The van der Waals surface area contributed by atoms with Gasteiger partial charge < -0.3 is 10.6 Å². The summed E-state index contributed by atoms with van der Waals surface area (Å²) in [5.74, 6) is 0. The summed E-state index contributed by atoms with van der Waals surface area (Å²) in [6.45, 7) is 4.83. The van der Waals surface area contributed by atoms with E-state index in [-0.39, 0.29) is 0 Å². The Kier molecular flexibility index (Phi) is 1.87. The molecule has 0 radical (unpaired) electrons. The third-order valence-corrected chi connectivity index (χ3v) is 2.82. The lowest BCUT2D eigenvalue weighted by atomic mass is 10.1. The van der Waals surface area contributed by atoms with Crippen LogP contribution in [-0.4, -0.2) is 55.1 Å². The average Bonchev–Trinajstić information content (AvgIpc) is 2.29. The van der Waals surface area contributed by atoms with Crippen LogP contribution in [-0.2, 0) is 0 Å². The van der Waals surface area contributed by atoms with Crippen LogP contribution in [0.1, 0.15) is 6.42 Å². The molecule has 0 bridgehead atoms. The van der Waals surface area contributed by atoms with Crippen LogP contribution in [0.2, 0.25) is 0 Å². The minimum absolute atomic E-state index is 0.445. The molecule has 0 aromatic carbocycles. The first-order valence-electron chi connectivity index (χ1n) is 4.44. The first kappa shape index (κ1) is 7.53. The predicted molar refractivity (Wildman–Crippen MR) is 45.5 cm³/mol. The third-order valence-electron chi connectivity index (χ3n) is 2.82. The van der Waals surface area contributed by atoms with Crippen molar-refractivity contribution in [2.45, 2.75) is 18.5 Å². The van der Waals surface area contributed by atoms with E-state index in [0.717, 1.165) is 12.6 Å². The quantitative estimate of drug-likeness (QED) is 0.545. The summed E-state index contributed by atoms with van der Waals surface area (Å²) in [4.78, 5) is 4.89. The molecular formula is C8H17N3. The van der Waals surface area contributed by atoms with E-state index >= 15 is 0 Å². The molecule has 64 valence electrons. The van der Waals surface area contributed by atoms with Gasteiger partial charge in [0.2, 0.25) is 0 Å². The number of nitrogens with two attached hydrogens (primary N) is 1. The van der Waals surface area contributed by atoms with Gasteiger partial charge in [-0.15, -0.1) is 0 Å². The van der Waals surface area contributed by atoms with Crippen LogP contribution in [0.15, 0.2) is 0 Å². The molecule has 2 N–H and O–H groups in total. The Hall–Kier alpha value is -0.120. The fourth-order valence-electron chi connectivity index (χ4n) is 2.04. The van der Waals surface area contributed by atoms with Gasteiger partial charge in [-0.1, -0.05) is 0 Å². The molecule has 0 saturated carbocycles. The van der Waals surface area contributed by atoms with Crippen molar-refractivity contribution < 1.29 is 0 Å². The Balaban J connectivity index is 1.79. The molecule has 3 nitrogen and oxygen atoms in total. The Morgan fingerprint density at radius 3 is 2.45 bits per heavy atom. The molecule has 2 aliphatic rings. The molecule has 2 saturated heterocycles. The van der Waals surface area contributed by atoms with E-state index < -0.39 is 0 Å². The highest BCUT2D eigenvalue weighted by Crippen LogP contribution is 2.17. The van der Waals surface area contributed by atoms with Gasteiger partial charge >= 0.3 is 0 Å². The number of hydrogen-bond acceptors (Lipinski definition) is 3. The van der Waals surface area contributed by atoms with Crippen molar-refractivity contribution in [2.75, 3.05) is 33.2 Å². The Bertz CT molecular complexity index is 142. The van der Waals surface area contributed by atoms with Crippen LogP contribution >= 0.6 is 0 Å². The van der Waals surface area contributed by atoms with Crippen molar-refractivity contribution in [1.29, 1.82) is 0 Å². The number of hydrogen-bond donors (Lipinski definition) is 1. The van der Waals surface area contributed by atoms with Gasteiger partial charge in [-0.05, 0) is 13.5 Å². The standard InChI is InChI=1S/C8H17N3/c1-10-5-8(6-10)11-3-2-7(9)4-11/h7-8H,2-6,9H2,1H3. The second kappa shape index (κ2) is 2.73. The number of likely N-dealkylation sites (N-methyl/N-ethyl adjacent to an activating group) is 1. The largest absolute Gasteiger partial charge is 0.326 e. The second-order valence-electron chi connectivity index (χ2n) is 3.92. The Morgan fingerprint density at radius 2 is 2.00 bits per heavy atom. The van der Waals surface area contributed by atoms with Crippen molar-refractivity contribution in [2.24, 2.45) is 5.73 Å². The van der Waals surface area contributed by atoms with Crippen molar-refractivity contribution in [3.05, 3.63) is 0 Å².